The number of carbonyl (C=O) groups is 2. The molecular formula is C15H22N2O3S. The van der Waals surface area contributed by atoms with Crippen LogP contribution in [0.5, 0.6) is 0 Å². The molecule has 1 unspecified atom stereocenters. The quantitative estimate of drug-likeness (QED) is 0.876. The number of aromatic nitrogens is 1. The van der Waals surface area contributed by atoms with Crippen molar-refractivity contribution in [2.45, 2.75) is 46.5 Å². The van der Waals surface area contributed by atoms with Crippen LogP contribution in [-0.4, -0.2) is 22.0 Å². The molecule has 1 heterocycles. The molecule has 0 spiro atoms. The Bertz CT molecular complexity index is 541. The number of amides is 1. The zero-order chi connectivity index (χ0) is 15.6. The molecule has 5 nitrogen and oxygen atoms in total. The Hall–Kier alpha value is -1.43. The molecule has 0 saturated heterocycles. The van der Waals surface area contributed by atoms with Gasteiger partial charge in [0.15, 0.2) is 5.13 Å². The van der Waals surface area contributed by atoms with Crippen molar-refractivity contribution in [3.05, 3.63) is 10.6 Å². The standard InChI is InChI=1S/C15H22N2O3S/c1-4-9-6-10(11(7-9)14(19)20)13(18)17-15-16-12(5-2)8(3)21-15/h9-11H,4-7H2,1-3H3,(H,19,20)(H,16,17,18)/t9?,10-,11+/m0/s1. The molecule has 1 aliphatic carbocycles. The molecule has 21 heavy (non-hydrogen) atoms. The number of aliphatic carboxylic acids is 1. The van der Waals surface area contributed by atoms with Crippen molar-refractivity contribution >= 4 is 28.3 Å². The number of carboxylic acids is 1. The Kier molecular flexibility index (Phi) is 4.98. The third-order valence-electron chi connectivity index (χ3n) is 4.35. The Morgan fingerprint density at radius 2 is 2.00 bits per heavy atom. The predicted molar refractivity (Wildman–Crippen MR) is 82.5 cm³/mol. The molecule has 0 radical (unpaired) electrons. The summed E-state index contributed by atoms with van der Waals surface area (Å²) in [7, 11) is 0. The molecule has 2 rings (SSSR count). The highest BCUT2D eigenvalue weighted by Crippen LogP contribution is 2.39. The van der Waals surface area contributed by atoms with Crippen LogP contribution in [0.2, 0.25) is 0 Å². The van der Waals surface area contributed by atoms with Gasteiger partial charge in [0.2, 0.25) is 5.91 Å². The summed E-state index contributed by atoms with van der Waals surface area (Å²) < 4.78 is 0. The van der Waals surface area contributed by atoms with E-state index in [1.165, 1.54) is 11.3 Å². The zero-order valence-electron chi connectivity index (χ0n) is 12.7. The van der Waals surface area contributed by atoms with Crippen molar-refractivity contribution in [1.82, 2.24) is 4.98 Å². The Balaban J connectivity index is 2.09. The first kappa shape index (κ1) is 15.9. The van der Waals surface area contributed by atoms with Crippen molar-refractivity contribution in [2.24, 2.45) is 17.8 Å². The van der Waals surface area contributed by atoms with Crippen LogP contribution >= 0.6 is 11.3 Å². The lowest BCUT2D eigenvalue weighted by molar-refractivity contribution is -0.145. The number of hydrogen-bond donors (Lipinski definition) is 2. The second-order valence-electron chi connectivity index (χ2n) is 5.66. The van der Waals surface area contributed by atoms with E-state index in [2.05, 4.69) is 10.3 Å². The number of anilines is 1. The molecular weight excluding hydrogens is 288 g/mol. The van der Waals surface area contributed by atoms with E-state index < -0.39 is 17.8 Å². The zero-order valence-corrected chi connectivity index (χ0v) is 13.5. The fourth-order valence-corrected chi connectivity index (χ4v) is 3.95. The number of rotatable bonds is 5. The molecule has 1 amide bonds. The summed E-state index contributed by atoms with van der Waals surface area (Å²) in [6, 6.07) is 0. The maximum Gasteiger partial charge on any atom is 0.307 e. The molecule has 0 aliphatic heterocycles. The number of aryl methyl sites for hydroxylation is 2. The average molecular weight is 310 g/mol. The van der Waals surface area contributed by atoms with Crippen LogP contribution < -0.4 is 5.32 Å². The van der Waals surface area contributed by atoms with Gasteiger partial charge in [-0.3, -0.25) is 9.59 Å². The van der Waals surface area contributed by atoms with Gasteiger partial charge in [-0.15, -0.1) is 11.3 Å². The summed E-state index contributed by atoms with van der Waals surface area (Å²) in [6.45, 7) is 6.05. The van der Waals surface area contributed by atoms with Crippen molar-refractivity contribution < 1.29 is 14.7 Å². The van der Waals surface area contributed by atoms with Crippen LogP contribution in [0.4, 0.5) is 5.13 Å². The van der Waals surface area contributed by atoms with Gasteiger partial charge in [-0.25, -0.2) is 4.98 Å². The van der Waals surface area contributed by atoms with E-state index in [0.29, 0.717) is 23.9 Å². The fourth-order valence-electron chi connectivity index (χ4n) is 3.05. The summed E-state index contributed by atoms with van der Waals surface area (Å²) in [5, 5.41) is 12.7. The van der Waals surface area contributed by atoms with Gasteiger partial charge in [0.1, 0.15) is 0 Å². The third-order valence-corrected chi connectivity index (χ3v) is 5.28. The second-order valence-corrected chi connectivity index (χ2v) is 6.86. The van der Waals surface area contributed by atoms with Gasteiger partial charge in [0, 0.05) is 4.88 Å². The first-order valence-corrected chi connectivity index (χ1v) is 8.27. The van der Waals surface area contributed by atoms with E-state index >= 15 is 0 Å². The molecule has 1 aromatic heterocycles. The van der Waals surface area contributed by atoms with E-state index in [0.717, 1.165) is 23.4 Å². The first-order valence-electron chi connectivity index (χ1n) is 7.46. The summed E-state index contributed by atoms with van der Waals surface area (Å²) >= 11 is 1.45. The highest BCUT2D eigenvalue weighted by molar-refractivity contribution is 7.15. The molecule has 1 fully saturated rings. The third kappa shape index (κ3) is 3.43. The number of hydrogen-bond acceptors (Lipinski definition) is 4. The SMILES string of the molecule is CCc1nc(NC(=O)[C@H]2CC(CC)C[C@H]2C(=O)O)sc1C. The molecule has 116 valence electrons. The van der Waals surface area contributed by atoms with E-state index in [9.17, 15) is 14.7 Å². The largest absolute Gasteiger partial charge is 0.481 e. The van der Waals surface area contributed by atoms with Gasteiger partial charge in [0.25, 0.3) is 0 Å². The minimum atomic E-state index is -0.865. The van der Waals surface area contributed by atoms with Gasteiger partial charge < -0.3 is 10.4 Å². The van der Waals surface area contributed by atoms with Crippen molar-refractivity contribution in [2.75, 3.05) is 5.32 Å². The lowest BCUT2D eigenvalue weighted by Gasteiger charge is -2.14. The second kappa shape index (κ2) is 6.56. The lowest BCUT2D eigenvalue weighted by Crippen LogP contribution is -2.29. The minimum Gasteiger partial charge on any atom is -0.481 e. The summed E-state index contributed by atoms with van der Waals surface area (Å²) in [6.07, 6.45) is 3.01. The first-order chi connectivity index (χ1) is 9.96. The van der Waals surface area contributed by atoms with Gasteiger partial charge in [-0.1, -0.05) is 20.3 Å². The molecule has 0 bridgehead atoms. The number of carboxylic acid groups (broad SMARTS) is 1. The number of thiazole rings is 1. The number of carbonyl (C=O) groups excluding carboxylic acids is 1. The lowest BCUT2D eigenvalue weighted by atomic mass is 9.95. The van der Waals surface area contributed by atoms with E-state index in [1.807, 2.05) is 20.8 Å². The van der Waals surface area contributed by atoms with E-state index in [4.69, 9.17) is 0 Å². The van der Waals surface area contributed by atoms with Crippen LogP contribution in [0.3, 0.4) is 0 Å². The van der Waals surface area contributed by atoms with E-state index in [1.54, 1.807) is 0 Å². The molecule has 1 aliphatic rings. The smallest absolute Gasteiger partial charge is 0.307 e. The monoisotopic (exact) mass is 310 g/mol. The molecule has 2 N–H and O–H groups in total. The van der Waals surface area contributed by atoms with Crippen LogP contribution in [0.1, 0.15) is 43.7 Å². The van der Waals surface area contributed by atoms with Crippen molar-refractivity contribution in [3.8, 4) is 0 Å². The van der Waals surface area contributed by atoms with Gasteiger partial charge >= 0.3 is 5.97 Å². The maximum absolute atomic E-state index is 12.4. The summed E-state index contributed by atoms with van der Waals surface area (Å²) in [5.41, 5.74) is 0.989. The van der Waals surface area contributed by atoms with Gasteiger partial charge in [-0.05, 0) is 32.1 Å². The summed E-state index contributed by atoms with van der Waals surface area (Å²) in [5.74, 6) is -1.75. The predicted octanol–water partition coefficient (Wildman–Crippen LogP) is 3.09. The molecule has 6 heteroatoms. The minimum absolute atomic E-state index is 0.199. The Morgan fingerprint density at radius 1 is 1.33 bits per heavy atom. The maximum atomic E-state index is 12.4. The highest BCUT2D eigenvalue weighted by atomic mass is 32.1. The molecule has 3 atom stereocenters. The molecule has 1 aromatic rings. The highest BCUT2D eigenvalue weighted by Gasteiger charge is 2.42. The van der Waals surface area contributed by atoms with Gasteiger partial charge in [-0.2, -0.15) is 0 Å². The van der Waals surface area contributed by atoms with Crippen LogP contribution in [0.25, 0.3) is 0 Å². The van der Waals surface area contributed by atoms with Gasteiger partial charge in [0.05, 0.1) is 17.5 Å². The fraction of sp³-hybridized carbons (Fsp3) is 0.667. The topological polar surface area (TPSA) is 79.3 Å². The van der Waals surface area contributed by atoms with Crippen LogP contribution in [-0.2, 0) is 16.0 Å². The normalized spacial score (nSPS) is 25.0. The van der Waals surface area contributed by atoms with Crippen LogP contribution in [0, 0.1) is 24.7 Å². The summed E-state index contributed by atoms with van der Waals surface area (Å²) in [4.78, 5) is 29.2. The Morgan fingerprint density at radius 3 is 2.52 bits per heavy atom. The molecule has 0 aromatic carbocycles. The van der Waals surface area contributed by atoms with Crippen LogP contribution in [0.15, 0.2) is 0 Å². The van der Waals surface area contributed by atoms with Crippen molar-refractivity contribution in [1.29, 1.82) is 0 Å². The van der Waals surface area contributed by atoms with Crippen molar-refractivity contribution in [3.63, 3.8) is 0 Å². The average Bonchev–Trinajstić information content (AvgIpc) is 3.02. The number of nitrogens with one attached hydrogen (secondary N) is 1. The van der Waals surface area contributed by atoms with E-state index in [-0.39, 0.29) is 5.91 Å². The molecule has 1 saturated carbocycles. The Labute approximate surface area is 128 Å². The number of nitrogens with zero attached hydrogens (tertiary/aromatic N) is 1.